The lowest BCUT2D eigenvalue weighted by Gasteiger charge is -2.15. The van der Waals surface area contributed by atoms with E-state index < -0.39 is 17.0 Å². The smallest absolute Gasteiger partial charge is 0.293 e. The summed E-state index contributed by atoms with van der Waals surface area (Å²) in [6.07, 6.45) is 1.55. The van der Waals surface area contributed by atoms with Gasteiger partial charge in [0.05, 0.1) is 23.6 Å². The van der Waals surface area contributed by atoms with E-state index in [4.69, 9.17) is 32.7 Å². The van der Waals surface area contributed by atoms with Gasteiger partial charge in [0.1, 0.15) is 12.4 Å². The van der Waals surface area contributed by atoms with Crippen LogP contribution >= 0.6 is 35.0 Å². The molecule has 0 N–H and O–H groups in total. The van der Waals surface area contributed by atoms with Crippen LogP contribution in [-0.4, -0.2) is 23.2 Å². The highest BCUT2D eigenvalue weighted by molar-refractivity contribution is 8.18. The van der Waals surface area contributed by atoms with Gasteiger partial charge in [-0.2, -0.15) is 0 Å². The molecule has 0 atom stereocenters. The monoisotopic (exact) mass is 517 g/mol. The fourth-order valence-electron chi connectivity index (χ4n) is 3.35. The van der Waals surface area contributed by atoms with E-state index in [0.29, 0.717) is 27.6 Å². The van der Waals surface area contributed by atoms with Crippen LogP contribution < -0.4 is 9.47 Å². The van der Waals surface area contributed by atoms with Gasteiger partial charge in [-0.05, 0) is 47.7 Å². The first-order valence-corrected chi connectivity index (χ1v) is 11.7. The first-order chi connectivity index (χ1) is 16.4. The molecule has 4 rings (SSSR count). The molecule has 0 bridgehead atoms. The quantitative estimate of drug-likeness (QED) is 0.317. The Balaban J connectivity index is 1.62. The molecular formula is C25H18Cl2FNO4S. The lowest BCUT2D eigenvalue weighted by Crippen LogP contribution is -2.27. The zero-order valence-electron chi connectivity index (χ0n) is 17.9. The summed E-state index contributed by atoms with van der Waals surface area (Å²) in [5.74, 6) is -0.260. The minimum absolute atomic E-state index is 0.0644. The summed E-state index contributed by atoms with van der Waals surface area (Å²) in [7, 11) is 1.47. The molecule has 0 spiro atoms. The fourth-order valence-corrected chi connectivity index (χ4v) is 4.59. The van der Waals surface area contributed by atoms with Crippen LogP contribution in [0, 0.1) is 5.82 Å². The van der Waals surface area contributed by atoms with Crippen LogP contribution in [0.1, 0.15) is 16.7 Å². The lowest BCUT2D eigenvalue weighted by molar-refractivity contribution is -0.123. The van der Waals surface area contributed by atoms with Crippen molar-refractivity contribution in [3.05, 3.63) is 98.1 Å². The Morgan fingerprint density at radius 2 is 1.74 bits per heavy atom. The number of nitrogens with zero attached hydrogens (tertiary/aromatic N) is 1. The molecule has 2 amide bonds. The molecule has 3 aromatic carbocycles. The fraction of sp³-hybridized carbons (Fsp3) is 0.120. The number of thioether (sulfide) groups is 1. The number of para-hydroxylation sites is 1. The Morgan fingerprint density at radius 1 is 1.00 bits per heavy atom. The maximum Gasteiger partial charge on any atom is 0.293 e. The van der Waals surface area contributed by atoms with Gasteiger partial charge >= 0.3 is 0 Å². The van der Waals surface area contributed by atoms with E-state index in [1.807, 2.05) is 0 Å². The lowest BCUT2D eigenvalue weighted by atomic mass is 10.1. The Kier molecular flexibility index (Phi) is 7.46. The van der Waals surface area contributed by atoms with Crippen molar-refractivity contribution in [1.29, 1.82) is 0 Å². The highest BCUT2D eigenvalue weighted by atomic mass is 35.5. The summed E-state index contributed by atoms with van der Waals surface area (Å²) in [4.78, 5) is 26.9. The van der Waals surface area contributed by atoms with Crippen molar-refractivity contribution in [1.82, 2.24) is 4.90 Å². The Hall–Kier alpha value is -3.00. The van der Waals surface area contributed by atoms with Gasteiger partial charge in [-0.15, -0.1) is 0 Å². The van der Waals surface area contributed by atoms with Crippen molar-refractivity contribution in [2.24, 2.45) is 0 Å². The molecule has 0 saturated carbocycles. The topological polar surface area (TPSA) is 55.8 Å². The van der Waals surface area contributed by atoms with E-state index in [1.165, 1.54) is 19.2 Å². The van der Waals surface area contributed by atoms with E-state index in [0.717, 1.165) is 16.7 Å². The number of halogens is 3. The highest BCUT2D eigenvalue weighted by Gasteiger charge is 2.35. The molecule has 1 saturated heterocycles. The van der Waals surface area contributed by atoms with Crippen LogP contribution in [0.3, 0.4) is 0 Å². The zero-order valence-corrected chi connectivity index (χ0v) is 20.2. The molecule has 0 aromatic heterocycles. The molecule has 5 nitrogen and oxygen atoms in total. The van der Waals surface area contributed by atoms with Crippen molar-refractivity contribution in [3.63, 3.8) is 0 Å². The van der Waals surface area contributed by atoms with Crippen LogP contribution in [0.2, 0.25) is 10.0 Å². The summed E-state index contributed by atoms with van der Waals surface area (Å²) in [5, 5.41) is 0.303. The molecule has 174 valence electrons. The van der Waals surface area contributed by atoms with Crippen molar-refractivity contribution in [2.75, 3.05) is 7.11 Å². The van der Waals surface area contributed by atoms with Crippen LogP contribution in [0.5, 0.6) is 11.5 Å². The minimum atomic E-state index is -0.496. The molecule has 0 aliphatic carbocycles. The van der Waals surface area contributed by atoms with Crippen molar-refractivity contribution >= 4 is 52.2 Å². The first-order valence-electron chi connectivity index (χ1n) is 10.1. The average Bonchev–Trinajstić information content (AvgIpc) is 3.08. The number of benzene rings is 3. The maximum absolute atomic E-state index is 14.2. The van der Waals surface area contributed by atoms with Crippen LogP contribution in [0.25, 0.3) is 6.08 Å². The van der Waals surface area contributed by atoms with Crippen molar-refractivity contribution in [3.8, 4) is 11.5 Å². The number of imide groups is 1. The Morgan fingerprint density at radius 3 is 2.47 bits per heavy atom. The van der Waals surface area contributed by atoms with E-state index >= 15 is 0 Å². The molecule has 0 radical (unpaired) electrons. The van der Waals surface area contributed by atoms with Gasteiger partial charge in [0.25, 0.3) is 11.1 Å². The first kappa shape index (κ1) is 24.1. The van der Waals surface area contributed by atoms with Crippen LogP contribution in [0.15, 0.2) is 65.6 Å². The van der Waals surface area contributed by atoms with Crippen LogP contribution in [-0.2, 0) is 17.9 Å². The molecule has 1 aliphatic heterocycles. The number of rotatable bonds is 7. The minimum Gasteiger partial charge on any atom is -0.493 e. The van der Waals surface area contributed by atoms with Gasteiger partial charge in [0, 0.05) is 16.1 Å². The number of methoxy groups -OCH3 is 1. The summed E-state index contributed by atoms with van der Waals surface area (Å²) < 4.78 is 25.5. The second kappa shape index (κ2) is 10.5. The van der Waals surface area contributed by atoms with Gasteiger partial charge in [-0.1, -0.05) is 59.6 Å². The van der Waals surface area contributed by atoms with Gasteiger partial charge in [-0.3, -0.25) is 14.5 Å². The van der Waals surface area contributed by atoms with Gasteiger partial charge in [0.2, 0.25) is 0 Å². The molecular weight excluding hydrogens is 500 g/mol. The van der Waals surface area contributed by atoms with Crippen molar-refractivity contribution in [2.45, 2.75) is 13.2 Å². The van der Waals surface area contributed by atoms with E-state index in [-0.39, 0.29) is 28.6 Å². The number of carbonyl (C=O) groups is 2. The third-order valence-corrected chi connectivity index (χ3v) is 6.73. The normalized spacial score (nSPS) is 14.7. The second-order valence-corrected chi connectivity index (χ2v) is 9.03. The predicted molar refractivity (Wildman–Crippen MR) is 132 cm³/mol. The van der Waals surface area contributed by atoms with Gasteiger partial charge in [-0.25, -0.2) is 4.39 Å². The largest absolute Gasteiger partial charge is 0.493 e. The summed E-state index contributed by atoms with van der Waals surface area (Å²) in [6.45, 7) is -0.0877. The standard InChI is InChI=1S/C25H18Cl2FNO4S/c1-32-21-11-4-7-15(23(21)33-14-17-19(27)9-5-10-20(17)28)12-22-24(30)29(25(31)34-22)13-16-6-2-3-8-18(16)26/h2-12H,13-14H2,1H3/b22-12-. The molecule has 1 fully saturated rings. The summed E-state index contributed by atoms with van der Waals surface area (Å²) >= 11 is 13.1. The Bertz CT molecular complexity index is 1280. The molecule has 1 heterocycles. The molecule has 0 unspecified atom stereocenters. The number of hydrogen-bond acceptors (Lipinski definition) is 5. The Labute approximate surface area is 210 Å². The SMILES string of the molecule is COc1cccc(/C=C2\SC(=O)N(Cc3ccccc3Cl)C2=O)c1OCc1c(F)cccc1Cl. The van der Waals surface area contributed by atoms with E-state index in [1.54, 1.807) is 54.6 Å². The van der Waals surface area contributed by atoms with E-state index in [9.17, 15) is 14.0 Å². The van der Waals surface area contributed by atoms with Crippen LogP contribution in [0.4, 0.5) is 9.18 Å². The molecule has 3 aromatic rings. The number of ether oxygens (including phenoxy) is 2. The zero-order chi connectivity index (χ0) is 24.2. The third kappa shape index (κ3) is 5.06. The number of hydrogen-bond donors (Lipinski definition) is 0. The average molecular weight is 518 g/mol. The molecule has 9 heteroatoms. The number of amides is 2. The van der Waals surface area contributed by atoms with E-state index in [2.05, 4.69) is 0 Å². The predicted octanol–water partition coefficient (Wildman–Crippen LogP) is 6.96. The second-order valence-electron chi connectivity index (χ2n) is 7.23. The van der Waals surface area contributed by atoms with Gasteiger partial charge in [0.15, 0.2) is 11.5 Å². The summed E-state index contributed by atoms with van der Waals surface area (Å²) in [6, 6.07) is 16.5. The molecule has 34 heavy (non-hydrogen) atoms. The molecule has 1 aliphatic rings. The third-order valence-electron chi connectivity index (χ3n) is 5.10. The number of carbonyl (C=O) groups excluding carboxylic acids is 2. The maximum atomic E-state index is 14.2. The summed E-state index contributed by atoms with van der Waals surface area (Å²) in [5.41, 5.74) is 1.36. The highest BCUT2D eigenvalue weighted by Crippen LogP contribution is 2.39. The van der Waals surface area contributed by atoms with Crippen molar-refractivity contribution < 1.29 is 23.5 Å². The van der Waals surface area contributed by atoms with Gasteiger partial charge < -0.3 is 9.47 Å².